The van der Waals surface area contributed by atoms with Crippen LogP contribution in [-0.2, 0) is 9.53 Å². The Morgan fingerprint density at radius 1 is 1.38 bits per heavy atom. The van der Waals surface area contributed by atoms with Crippen LogP contribution in [0.1, 0.15) is 18.5 Å². The zero-order valence-electron chi connectivity index (χ0n) is 13.1. The summed E-state index contributed by atoms with van der Waals surface area (Å²) in [4.78, 5) is 34.1. The van der Waals surface area contributed by atoms with Gasteiger partial charge in [-0.3, -0.25) is 10.1 Å². The van der Waals surface area contributed by atoms with Crippen LogP contribution in [0.2, 0.25) is 0 Å². The molecule has 0 saturated carbocycles. The molecular formula is C14H15N3O7. The molecule has 0 aliphatic carbocycles. The van der Waals surface area contributed by atoms with E-state index < -0.39 is 34.4 Å². The number of nitro benzene ring substituents is 1. The number of carbonyl (C=O) groups excluding carboxylic acids is 2. The van der Waals surface area contributed by atoms with Crippen molar-refractivity contribution < 1.29 is 29.1 Å². The highest BCUT2D eigenvalue weighted by atomic mass is 16.6. The standard InChI is InChI=1S/C14H15N3O7/c1-6-10(13(19)24-3)11(16-14(20)15-6)8-4-7(23-2)5-9(12(8)18)17(21)22/h4-5,11,18H,1-3H3,(H2,15,16,20)/t11-/m0/s1. The monoisotopic (exact) mass is 337 g/mol. The Kier molecular flexibility index (Phi) is 4.58. The number of esters is 1. The van der Waals surface area contributed by atoms with Gasteiger partial charge in [0.1, 0.15) is 5.75 Å². The van der Waals surface area contributed by atoms with Gasteiger partial charge in [-0.15, -0.1) is 0 Å². The van der Waals surface area contributed by atoms with E-state index in [0.29, 0.717) is 0 Å². The van der Waals surface area contributed by atoms with Crippen molar-refractivity contribution in [1.82, 2.24) is 10.6 Å². The minimum absolute atomic E-state index is 0.00921. The van der Waals surface area contributed by atoms with E-state index in [9.17, 15) is 24.8 Å². The van der Waals surface area contributed by atoms with E-state index in [0.717, 1.165) is 13.2 Å². The minimum Gasteiger partial charge on any atom is -0.502 e. The molecule has 1 aromatic rings. The van der Waals surface area contributed by atoms with Crippen molar-refractivity contribution in [2.24, 2.45) is 0 Å². The minimum atomic E-state index is -1.14. The Labute approximate surface area is 136 Å². The van der Waals surface area contributed by atoms with E-state index in [-0.39, 0.29) is 22.6 Å². The number of nitro groups is 1. The predicted molar refractivity (Wildman–Crippen MR) is 80.4 cm³/mol. The van der Waals surface area contributed by atoms with Crippen LogP contribution in [0.25, 0.3) is 0 Å². The van der Waals surface area contributed by atoms with Crippen molar-refractivity contribution >= 4 is 17.7 Å². The fraction of sp³-hybridized carbons (Fsp3) is 0.286. The number of nitrogens with zero attached hydrogens (tertiary/aromatic N) is 1. The van der Waals surface area contributed by atoms with Gasteiger partial charge >= 0.3 is 17.7 Å². The van der Waals surface area contributed by atoms with Gasteiger partial charge in [-0.25, -0.2) is 9.59 Å². The molecule has 0 unspecified atom stereocenters. The molecule has 1 atom stereocenters. The summed E-state index contributed by atoms with van der Waals surface area (Å²) in [5.74, 6) is -1.35. The molecule has 1 heterocycles. The zero-order chi connectivity index (χ0) is 18.0. The van der Waals surface area contributed by atoms with Gasteiger partial charge < -0.3 is 25.2 Å². The first-order valence-corrected chi connectivity index (χ1v) is 6.72. The average Bonchev–Trinajstić information content (AvgIpc) is 2.53. The number of urea groups is 1. The van der Waals surface area contributed by atoms with Gasteiger partial charge in [0.25, 0.3) is 0 Å². The number of carbonyl (C=O) groups is 2. The third-order valence-electron chi connectivity index (χ3n) is 3.51. The second kappa shape index (κ2) is 6.44. The van der Waals surface area contributed by atoms with Crippen molar-refractivity contribution in [2.45, 2.75) is 13.0 Å². The van der Waals surface area contributed by atoms with Gasteiger partial charge in [0.2, 0.25) is 0 Å². The molecule has 1 aliphatic rings. The van der Waals surface area contributed by atoms with Crippen LogP contribution in [0, 0.1) is 10.1 Å². The maximum atomic E-state index is 12.0. The third-order valence-corrected chi connectivity index (χ3v) is 3.51. The molecule has 0 saturated heterocycles. The fourth-order valence-corrected chi connectivity index (χ4v) is 2.40. The number of aromatic hydroxyl groups is 1. The number of phenols is 1. The van der Waals surface area contributed by atoms with E-state index in [2.05, 4.69) is 15.4 Å². The number of amides is 2. The summed E-state index contributed by atoms with van der Waals surface area (Å²) in [7, 11) is 2.45. The molecule has 2 rings (SSSR count). The van der Waals surface area contributed by atoms with Gasteiger partial charge in [0.05, 0.1) is 36.8 Å². The summed E-state index contributed by atoms with van der Waals surface area (Å²) in [6, 6.07) is 0.570. The van der Waals surface area contributed by atoms with Crippen LogP contribution in [0.4, 0.5) is 10.5 Å². The number of ether oxygens (including phenoxy) is 2. The molecule has 24 heavy (non-hydrogen) atoms. The molecule has 10 heteroatoms. The van der Waals surface area contributed by atoms with Gasteiger partial charge in [0.15, 0.2) is 5.75 Å². The number of hydrogen-bond acceptors (Lipinski definition) is 7. The third kappa shape index (κ3) is 2.93. The number of allylic oxidation sites excluding steroid dienone is 1. The van der Waals surface area contributed by atoms with Crippen LogP contribution < -0.4 is 15.4 Å². The first-order chi connectivity index (χ1) is 11.3. The number of methoxy groups -OCH3 is 2. The van der Waals surface area contributed by atoms with Gasteiger partial charge in [-0.2, -0.15) is 0 Å². The summed E-state index contributed by atoms with van der Waals surface area (Å²) < 4.78 is 9.68. The smallest absolute Gasteiger partial charge is 0.337 e. The molecule has 0 spiro atoms. The lowest BCUT2D eigenvalue weighted by atomic mass is 9.94. The van der Waals surface area contributed by atoms with Crippen molar-refractivity contribution in [3.63, 3.8) is 0 Å². The highest BCUT2D eigenvalue weighted by Gasteiger charge is 2.35. The van der Waals surface area contributed by atoms with E-state index in [1.54, 1.807) is 0 Å². The van der Waals surface area contributed by atoms with Crippen molar-refractivity contribution in [2.75, 3.05) is 14.2 Å². The summed E-state index contributed by atoms with van der Waals surface area (Å²) in [5, 5.41) is 26.2. The van der Waals surface area contributed by atoms with Crippen LogP contribution in [0.5, 0.6) is 11.5 Å². The van der Waals surface area contributed by atoms with Crippen LogP contribution in [0.15, 0.2) is 23.4 Å². The average molecular weight is 337 g/mol. The molecule has 0 bridgehead atoms. The summed E-state index contributed by atoms with van der Waals surface area (Å²) >= 11 is 0. The number of phenolic OH excluding ortho intramolecular Hbond substituents is 1. The summed E-state index contributed by atoms with van der Waals surface area (Å²) in [6.07, 6.45) is 0. The first kappa shape index (κ1) is 17.1. The van der Waals surface area contributed by atoms with E-state index in [1.807, 2.05) is 0 Å². The summed E-state index contributed by atoms with van der Waals surface area (Å²) in [5.41, 5.74) is -0.454. The Bertz CT molecular complexity index is 757. The number of nitrogens with one attached hydrogen (secondary N) is 2. The Balaban J connectivity index is 2.70. The van der Waals surface area contributed by atoms with Crippen molar-refractivity contribution in [3.05, 3.63) is 39.1 Å². The summed E-state index contributed by atoms with van der Waals surface area (Å²) in [6.45, 7) is 1.48. The molecule has 1 aromatic carbocycles. The second-order valence-electron chi connectivity index (χ2n) is 4.90. The van der Waals surface area contributed by atoms with E-state index in [1.165, 1.54) is 20.1 Å². The molecule has 0 aromatic heterocycles. The van der Waals surface area contributed by atoms with Gasteiger partial charge in [-0.05, 0) is 13.0 Å². The van der Waals surface area contributed by atoms with Gasteiger partial charge in [-0.1, -0.05) is 0 Å². The molecule has 2 amide bonds. The molecule has 10 nitrogen and oxygen atoms in total. The molecule has 128 valence electrons. The highest BCUT2D eigenvalue weighted by molar-refractivity contribution is 5.95. The number of rotatable bonds is 4. The van der Waals surface area contributed by atoms with Crippen LogP contribution >= 0.6 is 0 Å². The maximum Gasteiger partial charge on any atom is 0.337 e. The second-order valence-corrected chi connectivity index (χ2v) is 4.90. The Morgan fingerprint density at radius 2 is 2.04 bits per heavy atom. The topological polar surface area (TPSA) is 140 Å². The molecule has 0 fully saturated rings. The fourth-order valence-electron chi connectivity index (χ4n) is 2.40. The van der Waals surface area contributed by atoms with E-state index >= 15 is 0 Å². The molecule has 3 N–H and O–H groups in total. The Hall–Kier alpha value is -3.30. The number of hydrogen-bond donors (Lipinski definition) is 3. The first-order valence-electron chi connectivity index (χ1n) is 6.72. The quantitative estimate of drug-likeness (QED) is 0.424. The Morgan fingerprint density at radius 3 is 2.58 bits per heavy atom. The van der Waals surface area contributed by atoms with Crippen LogP contribution in [-0.4, -0.2) is 36.2 Å². The maximum absolute atomic E-state index is 12.0. The zero-order valence-corrected chi connectivity index (χ0v) is 13.1. The molecular weight excluding hydrogens is 322 g/mol. The largest absolute Gasteiger partial charge is 0.502 e. The predicted octanol–water partition coefficient (Wildman–Crippen LogP) is 1.11. The van der Waals surface area contributed by atoms with Crippen molar-refractivity contribution in [3.8, 4) is 11.5 Å². The lowest BCUT2D eigenvalue weighted by molar-refractivity contribution is -0.386. The normalized spacial score (nSPS) is 17.0. The molecule has 1 aliphatic heterocycles. The highest BCUT2D eigenvalue weighted by Crippen LogP contribution is 2.41. The van der Waals surface area contributed by atoms with E-state index in [4.69, 9.17) is 4.74 Å². The lowest BCUT2D eigenvalue weighted by Crippen LogP contribution is -2.45. The lowest BCUT2D eigenvalue weighted by Gasteiger charge is -2.28. The molecule has 0 radical (unpaired) electrons. The van der Waals surface area contributed by atoms with Crippen molar-refractivity contribution in [1.29, 1.82) is 0 Å². The van der Waals surface area contributed by atoms with Crippen LogP contribution in [0.3, 0.4) is 0 Å². The SMILES string of the molecule is COC(=O)C1=C(C)NC(=O)N[C@H]1c1cc(OC)cc([N+](=O)[O-])c1O. The van der Waals surface area contributed by atoms with Gasteiger partial charge in [0, 0.05) is 11.3 Å². The number of benzene rings is 1.